The number of ketones is 1. The molecule has 0 radical (unpaired) electrons. The molecule has 0 fully saturated rings. The fourth-order valence-electron chi connectivity index (χ4n) is 3.90. The van der Waals surface area contributed by atoms with Crippen molar-refractivity contribution in [3.8, 4) is 0 Å². The maximum Gasteiger partial charge on any atom is 0.136 e. The van der Waals surface area contributed by atoms with Gasteiger partial charge < -0.3 is 0 Å². The van der Waals surface area contributed by atoms with Gasteiger partial charge in [-0.05, 0) is 34.4 Å². The summed E-state index contributed by atoms with van der Waals surface area (Å²) in [5.74, 6) is 0.271. The lowest BCUT2D eigenvalue weighted by Crippen LogP contribution is -2.25. The quantitative estimate of drug-likeness (QED) is 0.219. The molecular weight excluding hydrogens is 396 g/mol. The molecule has 0 aliphatic carbocycles. The molecule has 31 heavy (non-hydrogen) atoms. The minimum absolute atomic E-state index is 0.271. The zero-order chi connectivity index (χ0) is 21.5. The average Bonchev–Trinajstić information content (AvgIpc) is 2.85. The van der Waals surface area contributed by atoms with Crippen molar-refractivity contribution in [1.82, 2.24) is 0 Å². The molecule has 0 unspecified atom stereocenters. The van der Waals surface area contributed by atoms with Gasteiger partial charge in [0.2, 0.25) is 0 Å². The molecule has 4 aromatic rings. The summed E-state index contributed by atoms with van der Waals surface area (Å²) in [6.07, 6.45) is 1.08. The van der Waals surface area contributed by atoms with Crippen LogP contribution in [0, 0.1) is 0 Å². The van der Waals surface area contributed by atoms with E-state index in [0.717, 1.165) is 5.56 Å². The second kappa shape index (κ2) is 9.80. The smallest absolute Gasteiger partial charge is 0.136 e. The minimum atomic E-state index is -0.384. The lowest BCUT2D eigenvalue weighted by Gasteiger charge is -2.35. The van der Waals surface area contributed by atoms with Gasteiger partial charge in [0.1, 0.15) is 5.78 Å². The SMILES string of the molecule is CCC(=O)Cc1ccc(SC(c2ccccc2)(c2ccccc2)c2ccccc2)cc1. The first-order valence-electron chi connectivity index (χ1n) is 10.7. The predicted octanol–water partition coefficient (Wildman–Crippen LogP) is 7.29. The standard InChI is InChI=1S/C29H26OS/c1-2-27(30)22-23-18-20-28(21-19-23)31-29(24-12-6-3-7-13-24,25-14-8-4-9-15-25)26-16-10-5-11-17-26/h3-21H,2,22H2,1H3. The van der Waals surface area contributed by atoms with Gasteiger partial charge in [-0.25, -0.2) is 0 Å². The molecule has 2 heteroatoms. The highest BCUT2D eigenvalue weighted by Gasteiger charge is 2.37. The number of hydrogen-bond donors (Lipinski definition) is 0. The van der Waals surface area contributed by atoms with Crippen molar-refractivity contribution in [3.05, 3.63) is 138 Å². The molecule has 0 amide bonds. The van der Waals surface area contributed by atoms with Crippen LogP contribution >= 0.6 is 11.8 Å². The van der Waals surface area contributed by atoms with Crippen molar-refractivity contribution in [2.75, 3.05) is 0 Å². The third kappa shape index (κ3) is 4.65. The van der Waals surface area contributed by atoms with E-state index in [9.17, 15) is 4.79 Å². The van der Waals surface area contributed by atoms with E-state index >= 15 is 0 Å². The molecular formula is C29H26OS. The van der Waals surface area contributed by atoms with Gasteiger partial charge in [0.25, 0.3) is 0 Å². The summed E-state index contributed by atoms with van der Waals surface area (Å²) in [6.45, 7) is 1.92. The lowest BCUT2D eigenvalue weighted by molar-refractivity contribution is -0.118. The summed E-state index contributed by atoms with van der Waals surface area (Å²) >= 11 is 1.84. The Morgan fingerprint density at radius 2 is 1.06 bits per heavy atom. The molecule has 0 aromatic heterocycles. The Balaban J connectivity index is 1.84. The topological polar surface area (TPSA) is 17.1 Å². The Hall–Kier alpha value is -3.10. The normalized spacial score (nSPS) is 11.3. The van der Waals surface area contributed by atoms with E-state index in [1.165, 1.54) is 21.6 Å². The number of thioether (sulfide) groups is 1. The molecule has 0 saturated heterocycles. The van der Waals surface area contributed by atoms with Gasteiger partial charge in [-0.15, -0.1) is 11.8 Å². The Morgan fingerprint density at radius 3 is 1.45 bits per heavy atom. The van der Waals surface area contributed by atoms with Crippen LogP contribution in [0.1, 0.15) is 35.6 Å². The maximum absolute atomic E-state index is 11.8. The number of Topliss-reactive ketones (excluding diaryl/α,β-unsaturated/α-hetero) is 1. The van der Waals surface area contributed by atoms with Crippen molar-refractivity contribution in [2.24, 2.45) is 0 Å². The molecule has 0 atom stereocenters. The Bertz CT molecular complexity index is 1010. The van der Waals surface area contributed by atoms with Gasteiger partial charge >= 0.3 is 0 Å². The van der Waals surface area contributed by atoms with Crippen LogP contribution in [0.4, 0.5) is 0 Å². The first-order chi connectivity index (χ1) is 15.2. The van der Waals surface area contributed by atoms with E-state index in [0.29, 0.717) is 12.8 Å². The molecule has 4 rings (SSSR count). The van der Waals surface area contributed by atoms with Gasteiger partial charge in [-0.1, -0.05) is 110 Å². The average molecular weight is 423 g/mol. The summed E-state index contributed by atoms with van der Waals surface area (Å²) in [7, 11) is 0. The van der Waals surface area contributed by atoms with Crippen LogP contribution in [0.25, 0.3) is 0 Å². The van der Waals surface area contributed by atoms with Crippen molar-refractivity contribution in [2.45, 2.75) is 29.4 Å². The number of hydrogen-bond acceptors (Lipinski definition) is 2. The van der Waals surface area contributed by atoms with E-state index in [4.69, 9.17) is 0 Å². The minimum Gasteiger partial charge on any atom is -0.299 e. The van der Waals surface area contributed by atoms with Gasteiger partial charge in [-0.3, -0.25) is 4.79 Å². The van der Waals surface area contributed by atoms with Crippen molar-refractivity contribution >= 4 is 17.5 Å². The summed E-state index contributed by atoms with van der Waals surface area (Å²) in [5, 5.41) is 0. The van der Waals surface area contributed by atoms with E-state index in [2.05, 4.69) is 115 Å². The maximum atomic E-state index is 11.8. The highest BCUT2D eigenvalue weighted by Crippen LogP contribution is 2.51. The third-order valence-corrected chi connectivity index (χ3v) is 7.05. The molecule has 0 heterocycles. The van der Waals surface area contributed by atoms with Crippen LogP contribution < -0.4 is 0 Å². The molecule has 1 nitrogen and oxygen atoms in total. The van der Waals surface area contributed by atoms with Crippen molar-refractivity contribution in [3.63, 3.8) is 0 Å². The third-order valence-electron chi connectivity index (χ3n) is 5.53. The predicted molar refractivity (Wildman–Crippen MR) is 131 cm³/mol. The fraction of sp³-hybridized carbons (Fsp3) is 0.138. The van der Waals surface area contributed by atoms with E-state index < -0.39 is 0 Å². The lowest BCUT2D eigenvalue weighted by atomic mass is 9.84. The van der Waals surface area contributed by atoms with Crippen LogP contribution in [0.5, 0.6) is 0 Å². The van der Waals surface area contributed by atoms with E-state index in [-0.39, 0.29) is 10.5 Å². The zero-order valence-corrected chi connectivity index (χ0v) is 18.5. The molecule has 0 spiro atoms. The number of rotatable bonds is 8. The molecule has 0 aliphatic heterocycles. The summed E-state index contributed by atoms with van der Waals surface area (Å²) in [6, 6.07) is 40.6. The van der Waals surface area contributed by atoms with E-state index in [1.807, 2.05) is 18.7 Å². The van der Waals surface area contributed by atoms with Crippen LogP contribution in [-0.4, -0.2) is 5.78 Å². The zero-order valence-electron chi connectivity index (χ0n) is 17.7. The molecule has 0 N–H and O–H groups in total. The molecule has 0 aliphatic rings. The second-order valence-corrected chi connectivity index (χ2v) is 8.88. The van der Waals surface area contributed by atoms with Gasteiger partial charge in [-0.2, -0.15) is 0 Å². The highest BCUT2D eigenvalue weighted by molar-refractivity contribution is 8.00. The fourth-order valence-corrected chi connectivity index (χ4v) is 5.29. The Labute approximate surface area is 189 Å². The van der Waals surface area contributed by atoms with E-state index in [1.54, 1.807) is 0 Å². The van der Waals surface area contributed by atoms with Gasteiger partial charge in [0.05, 0.1) is 4.75 Å². The second-order valence-electron chi connectivity index (χ2n) is 7.59. The molecule has 154 valence electrons. The van der Waals surface area contributed by atoms with Crippen LogP contribution in [0.2, 0.25) is 0 Å². The van der Waals surface area contributed by atoms with Gasteiger partial charge in [0, 0.05) is 17.7 Å². The van der Waals surface area contributed by atoms with Crippen LogP contribution in [0.3, 0.4) is 0 Å². The first-order valence-corrected chi connectivity index (χ1v) is 11.5. The molecule has 0 bridgehead atoms. The summed E-state index contributed by atoms with van der Waals surface area (Å²) in [5.41, 5.74) is 4.79. The Morgan fingerprint density at radius 1 is 0.645 bits per heavy atom. The highest BCUT2D eigenvalue weighted by atomic mass is 32.2. The van der Waals surface area contributed by atoms with Crippen molar-refractivity contribution in [1.29, 1.82) is 0 Å². The number of carbonyl (C=O) groups excluding carboxylic acids is 1. The summed E-state index contributed by atoms with van der Waals surface area (Å²) in [4.78, 5) is 13.0. The van der Waals surface area contributed by atoms with Crippen molar-refractivity contribution < 1.29 is 4.79 Å². The Kier molecular flexibility index (Phi) is 6.69. The van der Waals surface area contributed by atoms with Gasteiger partial charge in [0.15, 0.2) is 0 Å². The summed E-state index contributed by atoms with van der Waals surface area (Å²) < 4.78 is -0.384. The molecule has 0 saturated carbocycles. The monoisotopic (exact) mass is 422 g/mol. The molecule has 4 aromatic carbocycles. The van der Waals surface area contributed by atoms with Crippen LogP contribution in [0.15, 0.2) is 120 Å². The largest absolute Gasteiger partial charge is 0.299 e. The first kappa shape index (κ1) is 21.1. The van der Waals surface area contributed by atoms with Crippen LogP contribution in [-0.2, 0) is 16.0 Å². The number of carbonyl (C=O) groups is 1. The number of benzene rings is 4.